The van der Waals surface area contributed by atoms with E-state index in [-0.39, 0.29) is 17.8 Å². The summed E-state index contributed by atoms with van der Waals surface area (Å²) in [6.07, 6.45) is -1.98. The van der Waals surface area contributed by atoms with Crippen LogP contribution in [0.3, 0.4) is 0 Å². The van der Waals surface area contributed by atoms with Crippen LogP contribution in [-0.4, -0.2) is 35.5 Å². The lowest BCUT2D eigenvalue weighted by molar-refractivity contribution is -0.151. The molecule has 0 bridgehead atoms. The van der Waals surface area contributed by atoms with Gasteiger partial charge >= 0.3 is 12.1 Å². The maximum Gasteiger partial charge on any atom is 0.433 e. The number of carbonyl (C=O) groups is 1. The molecule has 0 spiro atoms. The lowest BCUT2D eigenvalue weighted by Gasteiger charge is -2.34. The molecule has 4 nitrogen and oxygen atoms in total. The summed E-state index contributed by atoms with van der Waals surface area (Å²) in [4.78, 5) is 17.8. The van der Waals surface area contributed by atoms with E-state index in [4.69, 9.17) is 4.74 Å². The number of hydrogen-bond acceptors (Lipinski definition) is 4. The first-order valence-electron chi connectivity index (χ1n) is 8.77. The van der Waals surface area contributed by atoms with Crippen molar-refractivity contribution >= 4 is 5.97 Å². The first kappa shape index (κ1) is 19.7. The number of aromatic nitrogens is 1. The van der Waals surface area contributed by atoms with Gasteiger partial charge < -0.3 is 4.74 Å². The second-order valence-corrected chi connectivity index (χ2v) is 6.39. The van der Waals surface area contributed by atoms with Crippen LogP contribution < -0.4 is 0 Å². The molecule has 1 aromatic rings. The van der Waals surface area contributed by atoms with Gasteiger partial charge in [-0.1, -0.05) is 13.0 Å². The molecule has 0 saturated carbocycles. The predicted octanol–water partition coefficient (Wildman–Crippen LogP) is 3.90. The van der Waals surface area contributed by atoms with Gasteiger partial charge in [-0.05, 0) is 57.3 Å². The fourth-order valence-electron chi connectivity index (χ4n) is 3.41. The number of alkyl halides is 3. The van der Waals surface area contributed by atoms with Crippen molar-refractivity contribution < 1.29 is 22.7 Å². The van der Waals surface area contributed by atoms with E-state index in [0.717, 1.165) is 38.4 Å². The fraction of sp³-hybridized carbons (Fsp3) is 0.667. The summed E-state index contributed by atoms with van der Waals surface area (Å²) in [6, 6.07) is 4.00. The third kappa shape index (κ3) is 5.42. The Morgan fingerprint density at radius 1 is 1.32 bits per heavy atom. The van der Waals surface area contributed by atoms with Crippen LogP contribution in [0, 0.1) is 11.8 Å². The molecular formula is C18H25F3N2O2. The van der Waals surface area contributed by atoms with E-state index in [1.54, 1.807) is 13.0 Å². The van der Waals surface area contributed by atoms with Crippen LogP contribution in [0.4, 0.5) is 13.2 Å². The molecule has 0 aromatic carbocycles. The van der Waals surface area contributed by atoms with Gasteiger partial charge in [0.1, 0.15) is 5.69 Å². The summed E-state index contributed by atoms with van der Waals surface area (Å²) < 4.78 is 43.4. The van der Waals surface area contributed by atoms with E-state index in [1.807, 2.05) is 6.92 Å². The minimum Gasteiger partial charge on any atom is -0.466 e. The number of nitrogens with zero attached hydrogens (tertiary/aromatic N) is 2. The quantitative estimate of drug-likeness (QED) is 0.724. The van der Waals surface area contributed by atoms with Crippen LogP contribution in [0.25, 0.3) is 0 Å². The predicted molar refractivity (Wildman–Crippen MR) is 87.7 cm³/mol. The summed E-state index contributed by atoms with van der Waals surface area (Å²) in [5.41, 5.74) is -0.432. The highest BCUT2D eigenvalue weighted by Crippen LogP contribution is 2.30. The first-order chi connectivity index (χ1) is 11.8. The van der Waals surface area contributed by atoms with Crippen LogP contribution in [-0.2, 0) is 22.3 Å². The van der Waals surface area contributed by atoms with Crippen molar-refractivity contribution in [2.24, 2.45) is 11.8 Å². The van der Waals surface area contributed by atoms with E-state index >= 15 is 0 Å². The van der Waals surface area contributed by atoms with E-state index in [2.05, 4.69) is 9.88 Å². The van der Waals surface area contributed by atoms with Gasteiger partial charge in [-0.25, -0.2) is 4.98 Å². The summed E-state index contributed by atoms with van der Waals surface area (Å²) in [6.45, 7) is 6.06. The zero-order valence-electron chi connectivity index (χ0n) is 14.7. The SMILES string of the molecule is CCOC(=O)C(CC)C1CCN(Cc2cccc(C(F)(F)F)n2)CC1. The van der Waals surface area contributed by atoms with Gasteiger partial charge in [0.25, 0.3) is 0 Å². The van der Waals surface area contributed by atoms with E-state index < -0.39 is 11.9 Å². The largest absolute Gasteiger partial charge is 0.466 e. The molecule has 0 aliphatic carbocycles. The topological polar surface area (TPSA) is 42.4 Å². The standard InChI is InChI=1S/C18H25F3N2O2/c1-3-15(17(24)25-4-2)13-8-10-23(11-9-13)12-14-6-5-7-16(22-14)18(19,20)21/h5-7,13,15H,3-4,8-12H2,1-2H3. The van der Waals surface area contributed by atoms with Crippen molar-refractivity contribution in [2.75, 3.05) is 19.7 Å². The Kier molecular flexibility index (Phi) is 6.81. The van der Waals surface area contributed by atoms with Crippen molar-refractivity contribution in [2.45, 2.75) is 45.8 Å². The zero-order chi connectivity index (χ0) is 18.4. The maximum atomic E-state index is 12.7. The first-order valence-corrected chi connectivity index (χ1v) is 8.77. The second-order valence-electron chi connectivity index (χ2n) is 6.39. The molecule has 1 fully saturated rings. The van der Waals surface area contributed by atoms with Gasteiger partial charge in [0.2, 0.25) is 0 Å². The molecule has 0 radical (unpaired) electrons. The maximum absolute atomic E-state index is 12.7. The summed E-state index contributed by atoms with van der Waals surface area (Å²) >= 11 is 0. The number of hydrogen-bond donors (Lipinski definition) is 0. The molecule has 140 valence electrons. The smallest absolute Gasteiger partial charge is 0.433 e. The molecule has 0 N–H and O–H groups in total. The highest BCUT2D eigenvalue weighted by atomic mass is 19.4. The van der Waals surface area contributed by atoms with E-state index in [1.165, 1.54) is 6.07 Å². The van der Waals surface area contributed by atoms with Crippen molar-refractivity contribution in [3.8, 4) is 0 Å². The molecule has 1 aromatic heterocycles. The number of esters is 1. The fourth-order valence-corrected chi connectivity index (χ4v) is 3.41. The minimum atomic E-state index is -4.42. The Hall–Kier alpha value is -1.63. The molecule has 7 heteroatoms. The molecule has 1 atom stereocenters. The lowest BCUT2D eigenvalue weighted by Crippen LogP contribution is -2.38. The third-order valence-electron chi connectivity index (χ3n) is 4.71. The van der Waals surface area contributed by atoms with Gasteiger partial charge in [-0.15, -0.1) is 0 Å². The Labute approximate surface area is 146 Å². The molecular weight excluding hydrogens is 333 g/mol. The highest BCUT2D eigenvalue weighted by Gasteiger charge is 2.33. The average molecular weight is 358 g/mol. The van der Waals surface area contributed by atoms with Gasteiger partial charge in [-0.2, -0.15) is 13.2 Å². The number of likely N-dealkylation sites (tertiary alicyclic amines) is 1. The Bertz CT molecular complexity index is 570. The zero-order valence-corrected chi connectivity index (χ0v) is 14.7. The van der Waals surface area contributed by atoms with Crippen LogP contribution in [0.15, 0.2) is 18.2 Å². The summed E-state index contributed by atoms with van der Waals surface area (Å²) in [7, 11) is 0. The second kappa shape index (κ2) is 8.65. The van der Waals surface area contributed by atoms with Gasteiger partial charge in [0, 0.05) is 6.54 Å². The van der Waals surface area contributed by atoms with Gasteiger partial charge in [0.05, 0.1) is 18.2 Å². The number of halogens is 3. The molecule has 2 rings (SSSR count). The third-order valence-corrected chi connectivity index (χ3v) is 4.71. The van der Waals surface area contributed by atoms with Crippen molar-refractivity contribution in [1.29, 1.82) is 0 Å². The van der Waals surface area contributed by atoms with Gasteiger partial charge in [-0.3, -0.25) is 9.69 Å². The molecule has 1 aliphatic rings. The number of ether oxygens (including phenoxy) is 1. The highest BCUT2D eigenvalue weighted by molar-refractivity contribution is 5.72. The van der Waals surface area contributed by atoms with Crippen LogP contribution in [0.1, 0.15) is 44.5 Å². The number of rotatable bonds is 6. The summed E-state index contributed by atoms with van der Waals surface area (Å²) in [5.74, 6) is 0.0477. The Morgan fingerprint density at radius 3 is 2.56 bits per heavy atom. The van der Waals surface area contributed by atoms with Gasteiger partial charge in [0.15, 0.2) is 0 Å². The van der Waals surface area contributed by atoms with Crippen LogP contribution in [0.2, 0.25) is 0 Å². The molecule has 1 saturated heterocycles. The van der Waals surface area contributed by atoms with Crippen LogP contribution >= 0.6 is 0 Å². The molecule has 2 heterocycles. The minimum absolute atomic E-state index is 0.0891. The Balaban J connectivity index is 1.91. The van der Waals surface area contributed by atoms with Crippen LogP contribution in [0.5, 0.6) is 0 Å². The van der Waals surface area contributed by atoms with Crippen molar-refractivity contribution in [3.63, 3.8) is 0 Å². The van der Waals surface area contributed by atoms with E-state index in [0.29, 0.717) is 18.8 Å². The monoisotopic (exact) mass is 358 g/mol. The molecule has 25 heavy (non-hydrogen) atoms. The average Bonchev–Trinajstić information content (AvgIpc) is 2.57. The van der Waals surface area contributed by atoms with Crippen molar-refractivity contribution in [3.05, 3.63) is 29.6 Å². The number of pyridine rings is 1. The summed E-state index contributed by atoms with van der Waals surface area (Å²) in [5, 5.41) is 0. The van der Waals surface area contributed by atoms with E-state index in [9.17, 15) is 18.0 Å². The number of carbonyl (C=O) groups excluding carboxylic acids is 1. The Morgan fingerprint density at radius 2 is 2.00 bits per heavy atom. The number of piperidine rings is 1. The van der Waals surface area contributed by atoms with Crippen molar-refractivity contribution in [1.82, 2.24) is 9.88 Å². The molecule has 1 aliphatic heterocycles. The normalized spacial score (nSPS) is 18.1. The lowest BCUT2D eigenvalue weighted by atomic mass is 9.82. The molecule has 1 unspecified atom stereocenters. The molecule has 0 amide bonds.